The summed E-state index contributed by atoms with van der Waals surface area (Å²) in [5, 5.41) is 2.37. The molecule has 6 nitrogen and oxygen atoms in total. The normalized spacial score (nSPS) is 9.29. The SMILES string of the molecule is Cc1ncccc1NC(=O)C(=O)NN. The van der Waals surface area contributed by atoms with Crippen molar-refractivity contribution in [2.24, 2.45) is 5.84 Å². The van der Waals surface area contributed by atoms with Gasteiger partial charge < -0.3 is 5.32 Å². The number of nitrogens with one attached hydrogen (secondary N) is 2. The third-order valence-corrected chi connectivity index (χ3v) is 1.59. The highest BCUT2D eigenvalue weighted by Crippen LogP contribution is 2.09. The molecule has 0 atom stereocenters. The quantitative estimate of drug-likeness (QED) is 0.239. The third-order valence-electron chi connectivity index (χ3n) is 1.59. The summed E-state index contributed by atoms with van der Waals surface area (Å²) >= 11 is 0. The zero-order chi connectivity index (χ0) is 10.6. The number of anilines is 1. The minimum absolute atomic E-state index is 0.487. The molecule has 0 radical (unpaired) electrons. The number of hydrazine groups is 1. The molecule has 0 saturated carbocycles. The number of hydrogen-bond donors (Lipinski definition) is 3. The van der Waals surface area contributed by atoms with Gasteiger partial charge in [0.1, 0.15) is 0 Å². The Bertz CT molecular complexity index is 364. The molecule has 0 fully saturated rings. The number of nitrogens with zero attached hydrogens (tertiary/aromatic N) is 1. The number of hydrogen-bond acceptors (Lipinski definition) is 4. The number of aryl methyl sites for hydroxylation is 1. The summed E-state index contributed by atoms with van der Waals surface area (Å²) in [5.41, 5.74) is 2.85. The van der Waals surface area contributed by atoms with Gasteiger partial charge in [-0.25, -0.2) is 5.84 Å². The Morgan fingerprint density at radius 2 is 2.14 bits per heavy atom. The van der Waals surface area contributed by atoms with E-state index in [1.54, 1.807) is 30.7 Å². The van der Waals surface area contributed by atoms with E-state index in [0.717, 1.165) is 0 Å². The monoisotopic (exact) mass is 194 g/mol. The van der Waals surface area contributed by atoms with Crippen LogP contribution in [-0.4, -0.2) is 16.8 Å². The minimum Gasteiger partial charge on any atom is -0.316 e. The topological polar surface area (TPSA) is 97.1 Å². The van der Waals surface area contributed by atoms with E-state index in [9.17, 15) is 9.59 Å². The number of amides is 2. The van der Waals surface area contributed by atoms with Crippen LogP contribution in [0.1, 0.15) is 5.69 Å². The summed E-state index contributed by atoms with van der Waals surface area (Å²) in [6.07, 6.45) is 1.59. The lowest BCUT2D eigenvalue weighted by atomic mass is 10.3. The van der Waals surface area contributed by atoms with Crippen molar-refractivity contribution >= 4 is 17.5 Å². The van der Waals surface area contributed by atoms with Crippen molar-refractivity contribution in [3.63, 3.8) is 0 Å². The van der Waals surface area contributed by atoms with Crippen LogP contribution in [0.2, 0.25) is 0 Å². The second-order valence-corrected chi connectivity index (χ2v) is 2.56. The van der Waals surface area contributed by atoms with Gasteiger partial charge in [-0.15, -0.1) is 0 Å². The van der Waals surface area contributed by atoms with Gasteiger partial charge in [0.15, 0.2) is 0 Å². The van der Waals surface area contributed by atoms with Crippen LogP contribution < -0.4 is 16.6 Å². The molecular formula is C8H10N4O2. The van der Waals surface area contributed by atoms with Crippen LogP contribution in [0.4, 0.5) is 5.69 Å². The summed E-state index contributed by atoms with van der Waals surface area (Å²) < 4.78 is 0. The zero-order valence-electron chi connectivity index (χ0n) is 7.57. The molecule has 74 valence electrons. The number of pyridine rings is 1. The van der Waals surface area contributed by atoms with Crippen LogP contribution in [0.3, 0.4) is 0 Å². The molecule has 1 aromatic rings. The van der Waals surface area contributed by atoms with E-state index in [1.165, 1.54) is 0 Å². The summed E-state index contributed by atoms with van der Waals surface area (Å²) in [7, 11) is 0. The molecule has 6 heteroatoms. The second-order valence-electron chi connectivity index (χ2n) is 2.56. The highest BCUT2D eigenvalue weighted by atomic mass is 16.2. The van der Waals surface area contributed by atoms with Crippen LogP contribution in [0.5, 0.6) is 0 Å². The number of carbonyl (C=O) groups excluding carboxylic acids is 2. The highest BCUT2D eigenvalue weighted by Gasteiger charge is 2.12. The number of nitrogens with two attached hydrogens (primary N) is 1. The summed E-state index contributed by atoms with van der Waals surface area (Å²) in [4.78, 5) is 25.8. The van der Waals surface area contributed by atoms with E-state index in [2.05, 4.69) is 10.3 Å². The van der Waals surface area contributed by atoms with E-state index in [1.807, 2.05) is 0 Å². The van der Waals surface area contributed by atoms with Crippen molar-refractivity contribution < 1.29 is 9.59 Å². The number of aromatic nitrogens is 1. The molecule has 0 spiro atoms. The first kappa shape index (κ1) is 10.1. The Balaban J connectivity index is 2.75. The average molecular weight is 194 g/mol. The lowest BCUT2D eigenvalue weighted by molar-refractivity contribution is -0.136. The van der Waals surface area contributed by atoms with E-state index in [-0.39, 0.29) is 0 Å². The van der Waals surface area contributed by atoms with E-state index < -0.39 is 11.8 Å². The van der Waals surface area contributed by atoms with Gasteiger partial charge in [0, 0.05) is 6.20 Å². The van der Waals surface area contributed by atoms with Crippen LogP contribution in [0.15, 0.2) is 18.3 Å². The van der Waals surface area contributed by atoms with Gasteiger partial charge in [0.2, 0.25) is 0 Å². The van der Waals surface area contributed by atoms with Crippen LogP contribution in [0, 0.1) is 6.92 Å². The summed E-state index contributed by atoms with van der Waals surface area (Å²) in [5.74, 6) is 3.08. The summed E-state index contributed by atoms with van der Waals surface area (Å²) in [6.45, 7) is 1.72. The molecule has 1 heterocycles. The Labute approximate surface area is 80.5 Å². The molecule has 0 saturated heterocycles. The highest BCUT2D eigenvalue weighted by molar-refractivity contribution is 6.39. The number of carbonyl (C=O) groups is 2. The molecule has 2 amide bonds. The predicted molar refractivity (Wildman–Crippen MR) is 49.9 cm³/mol. The Morgan fingerprint density at radius 1 is 1.43 bits per heavy atom. The minimum atomic E-state index is -0.895. The first-order chi connectivity index (χ1) is 6.65. The van der Waals surface area contributed by atoms with Gasteiger partial charge in [-0.3, -0.25) is 20.0 Å². The van der Waals surface area contributed by atoms with Gasteiger partial charge >= 0.3 is 11.8 Å². The molecule has 1 aromatic heterocycles. The Kier molecular flexibility index (Phi) is 3.14. The van der Waals surface area contributed by atoms with E-state index >= 15 is 0 Å². The van der Waals surface area contributed by atoms with Crippen molar-refractivity contribution in [2.45, 2.75) is 6.92 Å². The van der Waals surface area contributed by atoms with Gasteiger partial charge in [0.25, 0.3) is 0 Å². The Morgan fingerprint density at radius 3 is 2.71 bits per heavy atom. The van der Waals surface area contributed by atoms with Crippen molar-refractivity contribution in [3.8, 4) is 0 Å². The molecule has 0 aliphatic carbocycles. The first-order valence-electron chi connectivity index (χ1n) is 3.88. The van der Waals surface area contributed by atoms with Crippen LogP contribution in [0.25, 0.3) is 0 Å². The first-order valence-corrected chi connectivity index (χ1v) is 3.88. The smallest absolute Gasteiger partial charge is 0.316 e. The van der Waals surface area contributed by atoms with Gasteiger partial charge in [-0.1, -0.05) is 0 Å². The van der Waals surface area contributed by atoms with E-state index in [4.69, 9.17) is 5.84 Å². The summed E-state index contributed by atoms with van der Waals surface area (Å²) in [6, 6.07) is 3.30. The maximum absolute atomic E-state index is 11.1. The van der Waals surface area contributed by atoms with Crippen LogP contribution in [-0.2, 0) is 9.59 Å². The molecule has 0 aliphatic rings. The molecule has 0 aromatic carbocycles. The standard InChI is InChI=1S/C8H10N4O2/c1-5-6(3-2-4-10-5)11-7(13)8(14)12-9/h2-4H,9H2,1H3,(H,11,13)(H,12,14). The predicted octanol–water partition coefficient (Wildman–Crippen LogP) is -0.682. The largest absolute Gasteiger partial charge is 0.323 e. The second kappa shape index (κ2) is 4.33. The fourth-order valence-corrected chi connectivity index (χ4v) is 0.861. The molecule has 0 aliphatic heterocycles. The maximum atomic E-state index is 11.1. The lowest BCUT2D eigenvalue weighted by Gasteiger charge is -2.05. The Hall–Kier alpha value is -1.95. The molecule has 4 N–H and O–H groups in total. The maximum Gasteiger partial charge on any atom is 0.323 e. The molecule has 0 bridgehead atoms. The van der Waals surface area contributed by atoms with Gasteiger partial charge in [-0.2, -0.15) is 0 Å². The van der Waals surface area contributed by atoms with Gasteiger partial charge in [-0.05, 0) is 19.1 Å². The lowest BCUT2D eigenvalue weighted by Crippen LogP contribution is -2.39. The van der Waals surface area contributed by atoms with Crippen molar-refractivity contribution in [1.29, 1.82) is 0 Å². The van der Waals surface area contributed by atoms with Gasteiger partial charge in [0.05, 0.1) is 11.4 Å². The fourth-order valence-electron chi connectivity index (χ4n) is 0.861. The molecule has 0 unspecified atom stereocenters. The molecule has 14 heavy (non-hydrogen) atoms. The third kappa shape index (κ3) is 2.27. The van der Waals surface area contributed by atoms with Crippen molar-refractivity contribution in [3.05, 3.63) is 24.0 Å². The zero-order valence-corrected chi connectivity index (χ0v) is 7.57. The van der Waals surface area contributed by atoms with Crippen molar-refractivity contribution in [2.75, 3.05) is 5.32 Å². The molecule has 1 rings (SSSR count). The van der Waals surface area contributed by atoms with Crippen molar-refractivity contribution in [1.82, 2.24) is 10.4 Å². The average Bonchev–Trinajstić information content (AvgIpc) is 2.20. The van der Waals surface area contributed by atoms with Crippen LogP contribution >= 0.6 is 0 Å². The number of rotatable bonds is 1. The fraction of sp³-hybridized carbons (Fsp3) is 0.125. The van der Waals surface area contributed by atoms with E-state index in [0.29, 0.717) is 11.4 Å². The molecular weight excluding hydrogens is 184 g/mol.